The van der Waals surface area contributed by atoms with Crippen molar-refractivity contribution in [2.45, 2.75) is 6.92 Å². The molecule has 2 amide bonds. The molecule has 0 atom stereocenters. The number of hydroxylamine groups is 1. The fourth-order valence-electron chi connectivity index (χ4n) is 1.06. The number of carbonyl (C=O) groups excluding carboxylic acids is 2. The fraction of sp³-hybridized carbons (Fsp3) is 0.167. The second kappa shape index (κ2) is 6.64. The number of hydrogen-bond acceptors (Lipinski definition) is 3. The first-order valence-corrected chi connectivity index (χ1v) is 5.36. The molecule has 6 heteroatoms. The monoisotopic (exact) mass is 266 g/mol. The first kappa shape index (κ1) is 14.0. The smallest absolute Gasteiger partial charge is 0.271 e. The maximum absolute atomic E-state index is 11.8. The van der Waals surface area contributed by atoms with Crippen LogP contribution in [0.3, 0.4) is 0 Å². The Bertz CT molecular complexity index is 479. The van der Waals surface area contributed by atoms with E-state index < -0.39 is 11.8 Å². The molecule has 0 bridgehead atoms. The predicted octanol–water partition coefficient (Wildman–Crippen LogP) is 1.40. The largest absolute Gasteiger partial charge is 0.271 e. The lowest BCUT2D eigenvalue weighted by Crippen LogP contribution is -2.45. The Balaban J connectivity index is 2.69. The summed E-state index contributed by atoms with van der Waals surface area (Å²) in [7, 11) is 0. The van der Waals surface area contributed by atoms with Crippen LogP contribution in [-0.4, -0.2) is 23.6 Å². The SMILES string of the molecule is C#CCON(NC(=O)c1ccc(Cl)cc1)C(C)=O. The summed E-state index contributed by atoms with van der Waals surface area (Å²) in [6.07, 6.45) is 5.00. The molecule has 0 unspecified atom stereocenters. The minimum absolute atomic E-state index is 0.125. The predicted molar refractivity (Wildman–Crippen MR) is 66.2 cm³/mol. The van der Waals surface area contributed by atoms with Crippen LogP contribution in [0.1, 0.15) is 17.3 Å². The highest BCUT2D eigenvalue weighted by Crippen LogP contribution is 2.09. The van der Waals surface area contributed by atoms with E-state index in [1.807, 2.05) is 0 Å². The quantitative estimate of drug-likeness (QED) is 0.665. The van der Waals surface area contributed by atoms with Crippen LogP contribution < -0.4 is 5.43 Å². The van der Waals surface area contributed by atoms with E-state index in [9.17, 15) is 9.59 Å². The highest BCUT2D eigenvalue weighted by atomic mass is 35.5. The third-order valence-electron chi connectivity index (χ3n) is 1.87. The standard InChI is InChI=1S/C12H11ClN2O3/c1-3-8-18-15(9(2)16)14-12(17)10-4-6-11(13)7-5-10/h1,4-7H,8H2,2H3,(H,14,17). The molecular formula is C12H11ClN2O3. The van der Waals surface area contributed by atoms with Gasteiger partial charge < -0.3 is 0 Å². The van der Waals surface area contributed by atoms with Gasteiger partial charge in [-0.3, -0.25) is 9.59 Å². The van der Waals surface area contributed by atoms with E-state index in [0.29, 0.717) is 15.8 Å². The average molecular weight is 267 g/mol. The second-order valence-electron chi connectivity index (χ2n) is 3.24. The van der Waals surface area contributed by atoms with Gasteiger partial charge in [0.2, 0.25) is 0 Å². The topological polar surface area (TPSA) is 58.6 Å². The Morgan fingerprint density at radius 2 is 2.06 bits per heavy atom. The van der Waals surface area contributed by atoms with Crippen molar-refractivity contribution in [1.29, 1.82) is 0 Å². The molecule has 0 aliphatic heterocycles. The zero-order valence-corrected chi connectivity index (χ0v) is 10.4. The highest BCUT2D eigenvalue weighted by molar-refractivity contribution is 6.30. The number of rotatable bonds is 3. The van der Waals surface area contributed by atoms with Crippen molar-refractivity contribution in [3.05, 3.63) is 34.9 Å². The van der Waals surface area contributed by atoms with Crippen molar-refractivity contribution in [3.63, 3.8) is 0 Å². The summed E-state index contributed by atoms with van der Waals surface area (Å²) in [6.45, 7) is 1.11. The van der Waals surface area contributed by atoms with Gasteiger partial charge in [0.25, 0.3) is 11.8 Å². The summed E-state index contributed by atoms with van der Waals surface area (Å²) in [5, 5.41) is 1.20. The summed E-state index contributed by atoms with van der Waals surface area (Å²) >= 11 is 5.70. The Morgan fingerprint density at radius 1 is 1.44 bits per heavy atom. The van der Waals surface area contributed by atoms with E-state index >= 15 is 0 Å². The molecule has 1 rings (SSSR count). The lowest BCUT2D eigenvalue weighted by Gasteiger charge is -2.19. The van der Waals surface area contributed by atoms with E-state index in [4.69, 9.17) is 22.9 Å². The Labute approximate surface area is 110 Å². The van der Waals surface area contributed by atoms with Crippen molar-refractivity contribution >= 4 is 23.4 Å². The number of benzene rings is 1. The van der Waals surface area contributed by atoms with Crippen LogP contribution >= 0.6 is 11.6 Å². The Morgan fingerprint density at radius 3 is 2.56 bits per heavy atom. The van der Waals surface area contributed by atoms with Crippen LogP contribution in [0.25, 0.3) is 0 Å². The molecule has 1 N–H and O–H groups in total. The molecule has 0 aliphatic carbocycles. The molecule has 0 fully saturated rings. The second-order valence-corrected chi connectivity index (χ2v) is 3.68. The fourth-order valence-corrected chi connectivity index (χ4v) is 1.19. The minimum atomic E-state index is -0.501. The van der Waals surface area contributed by atoms with Gasteiger partial charge in [-0.25, -0.2) is 10.3 Å². The molecule has 5 nitrogen and oxygen atoms in total. The molecular weight excluding hydrogens is 256 g/mol. The third kappa shape index (κ3) is 4.09. The van der Waals surface area contributed by atoms with Crippen LogP contribution in [0.2, 0.25) is 5.02 Å². The van der Waals surface area contributed by atoms with E-state index in [1.54, 1.807) is 12.1 Å². The van der Waals surface area contributed by atoms with Gasteiger partial charge in [-0.1, -0.05) is 17.5 Å². The Kier molecular flexibility index (Phi) is 5.18. The molecule has 1 aromatic carbocycles. The molecule has 1 aromatic rings. The van der Waals surface area contributed by atoms with Gasteiger partial charge in [0.15, 0.2) is 0 Å². The molecule has 0 aromatic heterocycles. The van der Waals surface area contributed by atoms with Crippen molar-refractivity contribution in [2.24, 2.45) is 0 Å². The molecule has 0 radical (unpaired) electrons. The zero-order valence-electron chi connectivity index (χ0n) is 9.64. The summed E-state index contributed by atoms with van der Waals surface area (Å²) in [5.41, 5.74) is 2.61. The van der Waals surface area contributed by atoms with Gasteiger partial charge >= 0.3 is 0 Å². The lowest BCUT2D eigenvalue weighted by atomic mass is 10.2. The number of nitrogens with zero attached hydrogens (tertiary/aromatic N) is 1. The van der Waals surface area contributed by atoms with Crippen LogP contribution in [0, 0.1) is 12.3 Å². The van der Waals surface area contributed by atoms with Crippen LogP contribution in [0.15, 0.2) is 24.3 Å². The van der Waals surface area contributed by atoms with E-state index in [-0.39, 0.29) is 6.61 Å². The number of carbonyl (C=O) groups is 2. The van der Waals surface area contributed by atoms with Gasteiger partial charge in [-0.2, -0.15) is 0 Å². The van der Waals surface area contributed by atoms with E-state index in [0.717, 1.165) is 0 Å². The Hall–Kier alpha value is -2.03. The number of hydrazine groups is 1. The maximum Gasteiger partial charge on any atom is 0.271 e. The number of nitrogens with one attached hydrogen (secondary N) is 1. The van der Waals surface area contributed by atoms with Crippen LogP contribution in [0.4, 0.5) is 0 Å². The van der Waals surface area contributed by atoms with Gasteiger partial charge in [0.05, 0.1) is 0 Å². The number of halogens is 1. The van der Waals surface area contributed by atoms with E-state index in [1.165, 1.54) is 19.1 Å². The normalized spacial score (nSPS) is 9.39. The molecule has 0 heterocycles. The number of hydrogen-bond donors (Lipinski definition) is 1. The van der Waals surface area contributed by atoms with Crippen molar-refractivity contribution < 1.29 is 14.4 Å². The molecule has 18 heavy (non-hydrogen) atoms. The van der Waals surface area contributed by atoms with Crippen LogP contribution in [-0.2, 0) is 9.63 Å². The lowest BCUT2D eigenvalue weighted by molar-refractivity contribution is -0.192. The summed E-state index contributed by atoms with van der Waals surface area (Å²) in [6, 6.07) is 6.18. The zero-order chi connectivity index (χ0) is 13.5. The molecule has 0 spiro atoms. The first-order chi connectivity index (χ1) is 8.54. The molecule has 0 saturated carbocycles. The molecule has 94 valence electrons. The number of amides is 2. The molecule has 0 aliphatic rings. The van der Waals surface area contributed by atoms with Crippen molar-refractivity contribution in [1.82, 2.24) is 10.6 Å². The van der Waals surface area contributed by atoms with E-state index in [2.05, 4.69) is 11.3 Å². The van der Waals surface area contributed by atoms with Gasteiger partial charge in [0, 0.05) is 17.5 Å². The summed E-state index contributed by atoms with van der Waals surface area (Å²) in [5.74, 6) is 1.19. The van der Waals surface area contributed by atoms with Crippen molar-refractivity contribution in [3.8, 4) is 12.3 Å². The van der Waals surface area contributed by atoms with Crippen LogP contribution in [0.5, 0.6) is 0 Å². The van der Waals surface area contributed by atoms with Crippen molar-refractivity contribution in [2.75, 3.05) is 6.61 Å². The summed E-state index contributed by atoms with van der Waals surface area (Å²) in [4.78, 5) is 27.8. The average Bonchev–Trinajstić information content (AvgIpc) is 2.34. The summed E-state index contributed by atoms with van der Waals surface area (Å²) < 4.78 is 0. The number of terminal acetylenes is 1. The molecule has 0 saturated heterocycles. The minimum Gasteiger partial charge on any atom is -0.271 e. The van der Waals surface area contributed by atoms with Gasteiger partial charge in [0.1, 0.15) is 6.61 Å². The first-order valence-electron chi connectivity index (χ1n) is 4.98. The highest BCUT2D eigenvalue weighted by Gasteiger charge is 2.14. The van der Waals surface area contributed by atoms with Gasteiger partial charge in [-0.05, 0) is 24.3 Å². The van der Waals surface area contributed by atoms with Gasteiger partial charge in [-0.15, -0.1) is 11.6 Å². The maximum atomic E-state index is 11.8. The third-order valence-corrected chi connectivity index (χ3v) is 2.12.